The van der Waals surface area contributed by atoms with Crippen LogP contribution < -0.4 is 5.32 Å². The maximum atomic E-state index is 5.17. The van der Waals surface area contributed by atoms with Crippen LogP contribution in [0.1, 0.15) is 0 Å². The van der Waals surface area contributed by atoms with Gasteiger partial charge in [-0.2, -0.15) is 0 Å². The molecule has 2 aromatic heterocycles. The van der Waals surface area contributed by atoms with Crippen LogP contribution in [-0.4, -0.2) is 9.97 Å². The molecule has 4 heteroatoms. The van der Waals surface area contributed by atoms with E-state index in [2.05, 4.69) is 15.3 Å². The summed E-state index contributed by atoms with van der Waals surface area (Å²) in [6, 6.07) is 11.5. The number of nitrogens with zero attached hydrogens (tertiary/aromatic N) is 2. The molecule has 2 heterocycles. The highest BCUT2D eigenvalue weighted by molar-refractivity contribution is 5.78. The van der Waals surface area contributed by atoms with Crippen molar-refractivity contribution in [2.75, 3.05) is 5.32 Å². The van der Waals surface area contributed by atoms with Gasteiger partial charge >= 0.3 is 0 Å². The van der Waals surface area contributed by atoms with Gasteiger partial charge in [0, 0.05) is 11.9 Å². The first-order valence-electron chi connectivity index (χ1n) is 4.93. The van der Waals surface area contributed by atoms with Crippen LogP contribution in [0.3, 0.4) is 0 Å². The summed E-state index contributed by atoms with van der Waals surface area (Å²) in [6.07, 6.45) is 3.19. The Labute approximate surface area is 92.0 Å². The van der Waals surface area contributed by atoms with Crippen LogP contribution in [0.5, 0.6) is 0 Å². The lowest BCUT2D eigenvalue weighted by Crippen LogP contribution is -1.91. The highest BCUT2D eigenvalue weighted by Crippen LogP contribution is 2.20. The fourth-order valence-corrected chi connectivity index (χ4v) is 1.52. The SMILES string of the molecule is c1ccc(Nc2ccc3ocnc3c2)nc1. The highest BCUT2D eigenvalue weighted by Gasteiger charge is 2.00. The van der Waals surface area contributed by atoms with Gasteiger partial charge in [-0.15, -0.1) is 0 Å². The van der Waals surface area contributed by atoms with Crippen LogP contribution in [0.15, 0.2) is 53.4 Å². The van der Waals surface area contributed by atoms with Crippen molar-refractivity contribution in [1.29, 1.82) is 0 Å². The topological polar surface area (TPSA) is 51.0 Å². The summed E-state index contributed by atoms with van der Waals surface area (Å²) in [5.74, 6) is 0.811. The fraction of sp³-hybridized carbons (Fsp3) is 0. The first kappa shape index (κ1) is 8.91. The molecule has 4 nitrogen and oxygen atoms in total. The van der Waals surface area contributed by atoms with E-state index < -0.39 is 0 Å². The molecule has 0 atom stereocenters. The molecule has 0 saturated carbocycles. The first-order chi connectivity index (χ1) is 7.92. The third-order valence-electron chi connectivity index (χ3n) is 2.27. The van der Waals surface area contributed by atoms with E-state index in [4.69, 9.17) is 4.42 Å². The molecule has 1 aromatic carbocycles. The van der Waals surface area contributed by atoms with Crippen molar-refractivity contribution < 1.29 is 4.42 Å². The van der Waals surface area contributed by atoms with E-state index in [-0.39, 0.29) is 0 Å². The number of hydrogen-bond donors (Lipinski definition) is 1. The molecule has 3 aromatic rings. The van der Waals surface area contributed by atoms with Crippen molar-refractivity contribution >= 4 is 22.6 Å². The van der Waals surface area contributed by atoms with E-state index in [1.165, 1.54) is 6.39 Å². The fourth-order valence-electron chi connectivity index (χ4n) is 1.52. The predicted molar refractivity (Wildman–Crippen MR) is 61.5 cm³/mol. The molecule has 0 bridgehead atoms. The van der Waals surface area contributed by atoms with Crippen LogP contribution in [0.2, 0.25) is 0 Å². The van der Waals surface area contributed by atoms with Crippen LogP contribution in [0.25, 0.3) is 11.1 Å². The first-order valence-corrected chi connectivity index (χ1v) is 4.93. The molecule has 0 unspecified atom stereocenters. The number of nitrogens with one attached hydrogen (secondary N) is 1. The van der Waals surface area contributed by atoms with Crippen LogP contribution in [-0.2, 0) is 0 Å². The predicted octanol–water partition coefficient (Wildman–Crippen LogP) is 2.97. The van der Waals surface area contributed by atoms with Gasteiger partial charge < -0.3 is 9.73 Å². The van der Waals surface area contributed by atoms with E-state index >= 15 is 0 Å². The Morgan fingerprint density at radius 3 is 2.94 bits per heavy atom. The summed E-state index contributed by atoms with van der Waals surface area (Å²) in [4.78, 5) is 8.28. The zero-order chi connectivity index (χ0) is 10.8. The van der Waals surface area contributed by atoms with Crippen molar-refractivity contribution in [3.8, 4) is 0 Å². The van der Waals surface area contributed by atoms with E-state index in [1.54, 1.807) is 6.20 Å². The Morgan fingerprint density at radius 2 is 2.06 bits per heavy atom. The third kappa shape index (κ3) is 1.61. The Morgan fingerprint density at radius 1 is 1.06 bits per heavy atom. The van der Waals surface area contributed by atoms with Crippen molar-refractivity contribution in [1.82, 2.24) is 9.97 Å². The molecule has 16 heavy (non-hydrogen) atoms. The quantitative estimate of drug-likeness (QED) is 0.708. The zero-order valence-electron chi connectivity index (χ0n) is 8.42. The largest absolute Gasteiger partial charge is 0.443 e. The number of anilines is 2. The molecule has 0 radical (unpaired) electrons. The number of oxazole rings is 1. The number of fused-ring (bicyclic) bond motifs is 1. The standard InChI is InChI=1S/C12H9N3O/c1-2-6-13-12(3-1)15-9-4-5-11-10(7-9)14-8-16-11/h1-8H,(H,13,15). The molecule has 0 spiro atoms. The Bertz CT molecular complexity index is 604. The molecule has 3 rings (SSSR count). The van der Waals surface area contributed by atoms with Gasteiger partial charge in [0.05, 0.1) is 0 Å². The summed E-state index contributed by atoms with van der Waals surface area (Å²) in [7, 11) is 0. The monoisotopic (exact) mass is 211 g/mol. The van der Waals surface area contributed by atoms with Crippen molar-refractivity contribution in [2.45, 2.75) is 0 Å². The summed E-state index contributed by atoms with van der Waals surface area (Å²) in [5.41, 5.74) is 2.56. The molecular weight excluding hydrogens is 202 g/mol. The van der Waals surface area contributed by atoms with Crippen molar-refractivity contribution in [3.63, 3.8) is 0 Å². The summed E-state index contributed by atoms with van der Waals surface area (Å²) in [6.45, 7) is 0. The molecule has 0 saturated heterocycles. The molecule has 0 aliphatic rings. The molecule has 0 amide bonds. The molecule has 0 aliphatic heterocycles. The van der Waals surface area contributed by atoms with E-state index in [1.807, 2.05) is 36.4 Å². The second-order valence-corrected chi connectivity index (χ2v) is 3.37. The van der Waals surface area contributed by atoms with Crippen LogP contribution in [0.4, 0.5) is 11.5 Å². The molecule has 0 fully saturated rings. The van der Waals surface area contributed by atoms with Gasteiger partial charge in [0.2, 0.25) is 0 Å². The number of hydrogen-bond acceptors (Lipinski definition) is 4. The van der Waals surface area contributed by atoms with Crippen LogP contribution >= 0.6 is 0 Å². The lowest BCUT2D eigenvalue weighted by Gasteiger charge is -2.03. The summed E-state index contributed by atoms with van der Waals surface area (Å²) in [5, 5.41) is 3.19. The van der Waals surface area contributed by atoms with E-state index in [0.29, 0.717) is 0 Å². The second-order valence-electron chi connectivity index (χ2n) is 3.37. The van der Waals surface area contributed by atoms with Gasteiger partial charge in [-0.3, -0.25) is 0 Å². The Balaban J connectivity index is 1.94. The summed E-state index contributed by atoms with van der Waals surface area (Å²) < 4.78 is 5.17. The normalized spacial score (nSPS) is 10.5. The lowest BCUT2D eigenvalue weighted by molar-refractivity contribution is 0.602. The Hall–Kier alpha value is -2.36. The minimum Gasteiger partial charge on any atom is -0.443 e. The number of aromatic nitrogens is 2. The minimum absolute atomic E-state index is 0.784. The molecule has 1 N–H and O–H groups in total. The van der Waals surface area contributed by atoms with Gasteiger partial charge in [-0.1, -0.05) is 6.07 Å². The maximum absolute atomic E-state index is 5.17. The van der Waals surface area contributed by atoms with Crippen molar-refractivity contribution in [3.05, 3.63) is 49.0 Å². The average molecular weight is 211 g/mol. The van der Waals surface area contributed by atoms with Gasteiger partial charge in [0.1, 0.15) is 11.3 Å². The number of pyridine rings is 1. The van der Waals surface area contributed by atoms with Gasteiger partial charge in [0.25, 0.3) is 0 Å². The van der Waals surface area contributed by atoms with E-state index in [9.17, 15) is 0 Å². The Kier molecular flexibility index (Phi) is 2.04. The third-order valence-corrected chi connectivity index (χ3v) is 2.27. The van der Waals surface area contributed by atoms with Gasteiger partial charge in [-0.05, 0) is 30.3 Å². The molecular formula is C12H9N3O. The zero-order valence-corrected chi connectivity index (χ0v) is 8.42. The van der Waals surface area contributed by atoms with E-state index in [0.717, 1.165) is 22.6 Å². The van der Waals surface area contributed by atoms with Gasteiger partial charge in [0.15, 0.2) is 12.0 Å². The minimum atomic E-state index is 0.784. The number of rotatable bonds is 2. The molecule has 0 aliphatic carbocycles. The number of benzene rings is 1. The van der Waals surface area contributed by atoms with Crippen LogP contribution in [0, 0.1) is 0 Å². The smallest absolute Gasteiger partial charge is 0.181 e. The second kappa shape index (κ2) is 3.66. The highest BCUT2D eigenvalue weighted by atomic mass is 16.3. The maximum Gasteiger partial charge on any atom is 0.181 e. The average Bonchev–Trinajstić information content (AvgIpc) is 2.77. The lowest BCUT2D eigenvalue weighted by atomic mass is 10.3. The summed E-state index contributed by atoms with van der Waals surface area (Å²) >= 11 is 0. The van der Waals surface area contributed by atoms with Crippen molar-refractivity contribution in [2.24, 2.45) is 0 Å². The van der Waals surface area contributed by atoms with Gasteiger partial charge in [-0.25, -0.2) is 9.97 Å². The molecule has 78 valence electrons.